The molecule has 142 valence electrons. The van der Waals surface area contributed by atoms with Crippen LogP contribution < -0.4 is 10.2 Å². The number of imide groups is 2. The summed E-state index contributed by atoms with van der Waals surface area (Å²) in [6.45, 7) is 2.78. The third-order valence-electron chi connectivity index (χ3n) is 5.56. The van der Waals surface area contributed by atoms with Crippen LogP contribution in [-0.2, 0) is 20.7 Å². The molecule has 3 aliphatic heterocycles. The molecule has 1 aromatic rings. The van der Waals surface area contributed by atoms with Gasteiger partial charge in [-0.05, 0) is 18.6 Å². The van der Waals surface area contributed by atoms with E-state index in [9.17, 15) is 24.5 Å². The fourth-order valence-electron chi connectivity index (χ4n) is 4.27. The van der Waals surface area contributed by atoms with Gasteiger partial charge in [0.25, 0.3) is 5.69 Å². The number of nitrogens with one attached hydrogen (secondary N) is 1. The highest BCUT2D eigenvalue weighted by molar-refractivity contribution is 6.20. The summed E-state index contributed by atoms with van der Waals surface area (Å²) in [7, 11) is 0. The summed E-state index contributed by atoms with van der Waals surface area (Å²) >= 11 is 0. The van der Waals surface area contributed by atoms with Crippen molar-refractivity contribution in [2.24, 2.45) is 5.41 Å². The number of nitro benzene ring substituents is 1. The van der Waals surface area contributed by atoms with Crippen molar-refractivity contribution in [3.8, 4) is 0 Å². The smallest absolute Gasteiger partial charge is 0.330 e. The van der Waals surface area contributed by atoms with Crippen LogP contribution in [0, 0.1) is 15.5 Å². The molecule has 1 aromatic carbocycles. The predicted octanol–water partition coefficient (Wildman–Crippen LogP) is 0.441. The zero-order valence-electron chi connectivity index (χ0n) is 14.6. The van der Waals surface area contributed by atoms with Gasteiger partial charge in [-0.2, -0.15) is 0 Å². The summed E-state index contributed by atoms with van der Waals surface area (Å²) in [5, 5.41) is 13.5. The maximum Gasteiger partial charge on any atom is 0.330 e. The van der Waals surface area contributed by atoms with Crippen LogP contribution in [0.5, 0.6) is 0 Å². The van der Waals surface area contributed by atoms with Gasteiger partial charge < -0.3 is 9.64 Å². The Labute approximate surface area is 154 Å². The van der Waals surface area contributed by atoms with E-state index in [1.165, 1.54) is 12.1 Å². The fourth-order valence-corrected chi connectivity index (χ4v) is 4.27. The molecular weight excluding hydrogens is 356 g/mol. The van der Waals surface area contributed by atoms with Gasteiger partial charge in [-0.1, -0.05) is 0 Å². The van der Waals surface area contributed by atoms with Gasteiger partial charge in [-0.3, -0.25) is 29.9 Å². The minimum atomic E-state index is -1.56. The highest BCUT2D eigenvalue weighted by Crippen LogP contribution is 2.46. The first-order valence-corrected chi connectivity index (χ1v) is 8.69. The lowest BCUT2D eigenvalue weighted by atomic mass is 9.68. The van der Waals surface area contributed by atoms with Gasteiger partial charge in [-0.15, -0.1) is 0 Å². The number of nitrogens with zero attached hydrogens (tertiary/aromatic N) is 3. The van der Waals surface area contributed by atoms with Crippen LogP contribution in [0.15, 0.2) is 18.2 Å². The number of nitro groups is 1. The van der Waals surface area contributed by atoms with Gasteiger partial charge in [0, 0.05) is 37.3 Å². The lowest BCUT2D eigenvalue weighted by Gasteiger charge is -2.53. The van der Waals surface area contributed by atoms with Gasteiger partial charge in [0.1, 0.15) is 0 Å². The van der Waals surface area contributed by atoms with Crippen molar-refractivity contribution in [3.05, 3.63) is 33.9 Å². The minimum absolute atomic E-state index is 0.0248. The number of non-ortho nitro benzene ring substituents is 1. The number of barbiturate groups is 1. The summed E-state index contributed by atoms with van der Waals surface area (Å²) in [6, 6.07) is 3.12. The molecule has 2 atom stereocenters. The number of hydrogen-bond donors (Lipinski definition) is 1. The molecule has 4 amide bonds. The topological polar surface area (TPSA) is 122 Å². The normalized spacial score (nSPS) is 27.3. The summed E-state index contributed by atoms with van der Waals surface area (Å²) in [5.41, 5.74) is -0.383. The lowest BCUT2D eigenvalue weighted by Crippen LogP contribution is -2.73. The molecule has 2 saturated heterocycles. The zero-order chi connectivity index (χ0) is 19.3. The van der Waals surface area contributed by atoms with E-state index in [-0.39, 0.29) is 25.3 Å². The molecule has 1 N–H and O–H groups in total. The molecule has 3 aliphatic rings. The van der Waals surface area contributed by atoms with Gasteiger partial charge in [0.2, 0.25) is 11.8 Å². The Bertz CT molecular complexity index is 871. The first-order chi connectivity index (χ1) is 12.9. The van der Waals surface area contributed by atoms with E-state index in [1.807, 2.05) is 4.90 Å². The number of morpholine rings is 1. The Morgan fingerprint density at radius 2 is 2.15 bits per heavy atom. The quantitative estimate of drug-likeness (QED) is 0.453. The summed E-state index contributed by atoms with van der Waals surface area (Å²) in [5.74, 6) is -1.27. The number of amides is 4. The third kappa shape index (κ3) is 2.33. The molecular formula is C17H18N4O6. The fraction of sp³-hybridized carbons (Fsp3) is 0.471. The Morgan fingerprint density at radius 3 is 2.85 bits per heavy atom. The van der Waals surface area contributed by atoms with Crippen LogP contribution in [0.25, 0.3) is 0 Å². The first kappa shape index (κ1) is 17.4. The van der Waals surface area contributed by atoms with Crippen LogP contribution in [0.1, 0.15) is 12.5 Å². The van der Waals surface area contributed by atoms with Gasteiger partial charge in [-0.25, -0.2) is 4.79 Å². The zero-order valence-corrected chi connectivity index (χ0v) is 14.6. The van der Waals surface area contributed by atoms with E-state index < -0.39 is 34.2 Å². The van der Waals surface area contributed by atoms with E-state index in [0.717, 1.165) is 10.6 Å². The number of urea groups is 1. The number of hydrogen-bond acceptors (Lipinski definition) is 7. The molecule has 10 heteroatoms. The molecule has 0 bridgehead atoms. The number of carbonyl (C=O) groups excluding carboxylic acids is 3. The van der Waals surface area contributed by atoms with Crippen molar-refractivity contribution in [1.29, 1.82) is 0 Å². The average molecular weight is 374 g/mol. The maximum absolute atomic E-state index is 13.3. The monoisotopic (exact) mass is 374 g/mol. The van der Waals surface area contributed by atoms with E-state index in [2.05, 4.69) is 5.32 Å². The summed E-state index contributed by atoms with van der Waals surface area (Å²) < 4.78 is 5.55. The predicted molar refractivity (Wildman–Crippen MR) is 92.1 cm³/mol. The summed E-state index contributed by atoms with van der Waals surface area (Å²) in [6.07, 6.45) is -0.0248. The van der Waals surface area contributed by atoms with Crippen molar-refractivity contribution >= 4 is 29.2 Å². The van der Waals surface area contributed by atoms with Gasteiger partial charge in [0.15, 0.2) is 5.41 Å². The van der Waals surface area contributed by atoms with Crippen LogP contribution in [0.2, 0.25) is 0 Å². The second-order valence-corrected chi connectivity index (χ2v) is 6.81. The van der Waals surface area contributed by atoms with Crippen molar-refractivity contribution in [1.82, 2.24) is 10.2 Å². The van der Waals surface area contributed by atoms with Crippen LogP contribution >= 0.6 is 0 Å². The molecule has 0 aromatic heterocycles. The standard InChI is InChI=1S/C17H18N4O6/c1-2-19-15(23)17(14(22)18-16(19)24)8-10-7-11(21(25)26)3-4-12(10)20-5-6-27-9-13(17)20/h3-4,7,13H,2,5-6,8-9H2,1H3,(H,18,22,24)/t13-,17+/m0/s1. The molecule has 27 heavy (non-hydrogen) atoms. The Hall–Kier alpha value is -3.01. The number of carbonyl (C=O) groups is 3. The molecule has 0 unspecified atom stereocenters. The summed E-state index contributed by atoms with van der Waals surface area (Å²) in [4.78, 5) is 51.8. The SMILES string of the molecule is CCN1C(=O)NC(=O)[C@]2(Cc3cc([N+](=O)[O-])ccc3N3CCOC[C@H]32)C1=O. The van der Waals surface area contributed by atoms with Gasteiger partial charge >= 0.3 is 6.03 Å². The highest BCUT2D eigenvalue weighted by Gasteiger charge is 2.62. The Morgan fingerprint density at radius 1 is 1.37 bits per heavy atom. The molecule has 0 radical (unpaired) electrons. The lowest BCUT2D eigenvalue weighted by molar-refractivity contribution is -0.384. The van der Waals surface area contributed by atoms with E-state index in [4.69, 9.17) is 4.74 Å². The number of ether oxygens (including phenoxy) is 1. The molecule has 2 fully saturated rings. The highest BCUT2D eigenvalue weighted by atomic mass is 16.6. The molecule has 0 saturated carbocycles. The largest absolute Gasteiger partial charge is 0.377 e. The first-order valence-electron chi connectivity index (χ1n) is 8.69. The maximum atomic E-state index is 13.3. The van der Waals surface area contributed by atoms with Crippen LogP contribution in [-0.4, -0.2) is 60.0 Å². The Balaban J connectivity index is 1.89. The molecule has 4 rings (SSSR count). The second kappa shape index (κ2) is 6.02. The molecule has 10 nitrogen and oxygen atoms in total. The van der Waals surface area contributed by atoms with E-state index >= 15 is 0 Å². The van der Waals surface area contributed by atoms with Crippen LogP contribution in [0.3, 0.4) is 0 Å². The second-order valence-electron chi connectivity index (χ2n) is 6.81. The third-order valence-corrected chi connectivity index (χ3v) is 5.56. The van der Waals surface area contributed by atoms with E-state index in [0.29, 0.717) is 18.7 Å². The molecule has 1 spiro atoms. The number of fused-ring (bicyclic) bond motifs is 4. The van der Waals surface area contributed by atoms with Crippen molar-refractivity contribution in [2.75, 3.05) is 31.2 Å². The number of anilines is 1. The average Bonchev–Trinajstić information content (AvgIpc) is 2.66. The Kier molecular flexibility index (Phi) is 3.88. The van der Waals surface area contributed by atoms with Crippen LogP contribution in [0.4, 0.5) is 16.2 Å². The van der Waals surface area contributed by atoms with Crippen molar-refractivity contribution < 1.29 is 24.0 Å². The minimum Gasteiger partial charge on any atom is -0.377 e. The number of rotatable bonds is 2. The van der Waals surface area contributed by atoms with Gasteiger partial charge in [0.05, 0.1) is 24.2 Å². The molecule has 3 heterocycles. The van der Waals surface area contributed by atoms with Crippen molar-refractivity contribution in [2.45, 2.75) is 19.4 Å². The van der Waals surface area contributed by atoms with E-state index in [1.54, 1.807) is 13.0 Å². The van der Waals surface area contributed by atoms with Crippen molar-refractivity contribution in [3.63, 3.8) is 0 Å². The molecule has 0 aliphatic carbocycles. The number of benzene rings is 1.